The van der Waals surface area contributed by atoms with E-state index in [0.29, 0.717) is 28.8 Å². The van der Waals surface area contributed by atoms with Gasteiger partial charge in [-0.25, -0.2) is 18.2 Å². The summed E-state index contributed by atoms with van der Waals surface area (Å²) in [6.07, 6.45) is 6.04. The van der Waals surface area contributed by atoms with Gasteiger partial charge in [-0.05, 0) is 80.0 Å². The first-order chi connectivity index (χ1) is 20.1. The Labute approximate surface area is 246 Å². The lowest BCUT2D eigenvalue weighted by Crippen LogP contribution is -2.24. The zero-order valence-electron chi connectivity index (χ0n) is 24.4. The number of halogens is 1. The molecule has 9 heteroatoms. The monoisotopic (exact) mass is 589 g/mol. The van der Waals surface area contributed by atoms with Gasteiger partial charge in [-0.3, -0.25) is 9.29 Å². The minimum atomic E-state index is -4.13. The van der Waals surface area contributed by atoms with Crippen LogP contribution in [-0.2, 0) is 10.0 Å². The molecule has 1 fully saturated rings. The summed E-state index contributed by atoms with van der Waals surface area (Å²) >= 11 is 0. The molecule has 0 bridgehead atoms. The molecule has 4 atom stereocenters. The topological polar surface area (TPSA) is 94.2 Å². The van der Waals surface area contributed by atoms with Crippen molar-refractivity contribution in [3.8, 4) is 11.8 Å². The zero-order valence-corrected chi connectivity index (χ0v) is 25.2. The Morgan fingerprint density at radius 1 is 1.12 bits per heavy atom. The summed E-state index contributed by atoms with van der Waals surface area (Å²) < 4.78 is 49.0. The molecule has 4 unspecified atom stereocenters. The molecule has 7 nitrogen and oxygen atoms in total. The van der Waals surface area contributed by atoms with Crippen LogP contribution in [0.15, 0.2) is 68.7 Å². The molecule has 5 rings (SSSR count). The highest BCUT2D eigenvalue weighted by molar-refractivity contribution is 7.92. The van der Waals surface area contributed by atoms with Crippen molar-refractivity contribution >= 4 is 26.9 Å². The molecule has 0 radical (unpaired) electrons. The number of hydrogen-bond donors (Lipinski definition) is 1. The van der Waals surface area contributed by atoms with Gasteiger partial charge in [-0.1, -0.05) is 63.1 Å². The van der Waals surface area contributed by atoms with Crippen molar-refractivity contribution in [3.05, 3.63) is 87.8 Å². The van der Waals surface area contributed by atoms with Crippen molar-refractivity contribution in [2.75, 3.05) is 4.72 Å². The van der Waals surface area contributed by atoms with Crippen molar-refractivity contribution < 1.29 is 17.2 Å². The van der Waals surface area contributed by atoms with E-state index < -0.39 is 21.7 Å². The third-order valence-electron chi connectivity index (χ3n) is 8.51. The summed E-state index contributed by atoms with van der Waals surface area (Å²) in [5.41, 5.74) is 2.80. The number of aryl methyl sites for hydroxylation is 1. The average molecular weight is 590 g/mol. The van der Waals surface area contributed by atoms with Crippen LogP contribution in [0.25, 0.3) is 11.1 Å². The number of sulfonamides is 1. The summed E-state index contributed by atoms with van der Waals surface area (Å²) in [6, 6.07) is 14.3. The molecule has 2 heterocycles. The molecule has 0 spiro atoms. The Morgan fingerprint density at radius 2 is 1.88 bits per heavy atom. The smallest absolute Gasteiger partial charge is 0.408 e. The number of aromatic nitrogens is 2. The average Bonchev–Trinajstić information content (AvgIpc) is 3.29. The predicted octanol–water partition coefficient (Wildman–Crippen LogP) is 7.05. The van der Waals surface area contributed by atoms with E-state index in [-0.39, 0.29) is 22.3 Å². The molecule has 0 saturated heterocycles. The van der Waals surface area contributed by atoms with E-state index in [0.717, 1.165) is 30.0 Å². The van der Waals surface area contributed by atoms with Crippen molar-refractivity contribution in [2.24, 2.45) is 17.8 Å². The minimum absolute atomic E-state index is 0.0923. The maximum Gasteiger partial charge on any atom is 0.420 e. The van der Waals surface area contributed by atoms with Gasteiger partial charge >= 0.3 is 5.76 Å². The molecule has 42 heavy (non-hydrogen) atoms. The van der Waals surface area contributed by atoms with Gasteiger partial charge < -0.3 is 4.42 Å². The first kappa shape index (κ1) is 29.6. The number of oxazole rings is 1. The molecule has 2 aromatic carbocycles. The lowest BCUT2D eigenvalue weighted by Gasteiger charge is -2.32. The van der Waals surface area contributed by atoms with Crippen molar-refractivity contribution in [3.63, 3.8) is 0 Å². The summed E-state index contributed by atoms with van der Waals surface area (Å²) in [5.74, 6) is 7.11. The van der Waals surface area contributed by atoms with Crippen LogP contribution in [0.3, 0.4) is 0 Å². The van der Waals surface area contributed by atoms with Gasteiger partial charge in [0.05, 0.1) is 16.5 Å². The fourth-order valence-corrected chi connectivity index (χ4v) is 7.25. The molecule has 220 valence electrons. The van der Waals surface area contributed by atoms with Gasteiger partial charge in [0, 0.05) is 17.5 Å². The van der Waals surface area contributed by atoms with Gasteiger partial charge in [0.1, 0.15) is 5.82 Å². The van der Waals surface area contributed by atoms with Gasteiger partial charge in [0.15, 0.2) is 5.58 Å². The fraction of sp³-hybridized carbons (Fsp3) is 0.394. The predicted molar refractivity (Wildman–Crippen MR) is 162 cm³/mol. The maximum absolute atomic E-state index is 13.5. The van der Waals surface area contributed by atoms with Gasteiger partial charge in [0.25, 0.3) is 10.0 Å². The van der Waals surface area contributed by atoms with Crippen molar-refractivity contribution in [1.82, 2.24) is 9.55 Å². The van der Waals surface area contributed by atoms with Crippen molar-refractivity contribution in [1.29, 1.82) is 0 Å². The van der Waals surface area contributed by atoms with Crippen LogP contribution in [0.2, 0.25) is 0 Å². The SMILES string of the molecule is CCC(C)C1CCCCC1C#Cc1cccc(C(C)n2c(=O)oc3cc(S(=O)(=O)Nc4cccc(F)n4)c(C)cc32)c1. The third-order valence-corrected chi connectivity index (χ3v) is 10.0. The zero-order chi connectivity index (χ0) is 30.0. The summed E-state index contributed by atoms with van der Waals surface area (Å²) in [7, 11) is -4.13. The molecule has 4 aromatic rings. The number of rotatable bonds is 7. The molecule has 1 aliphatic rings. The highest BCUT2D eigenvalue weighted by Crippen LogP contribution is 2.36. The van der Waals surface area contributed by atoms with Crippen LogP contribution in [0.5, 0.6) is 0 Å². The van der Waals surface area contributed by atoms with E-state index in [2.05, 4.69) is 35.4 Å². The number of nitrogens with one attached hydrogen (secondary N) is 1. The summed E-state index contributed by atoms with van der Waals surface area (Å²) in [5, 5.41) is 0. The van der Waals surface area contributed by atoms with Crippen LogP contribution < -0.4 is 10.5 Å². The molecule has 0 aliphatic heterocycles. The van der Waals surface area contributed by atoms with Crippen LogP contribution in [0.4, 0.5) is 10.2 Å². The van der Waals surface area contributed by atoms with Gasteiger partial charge in [-0.15, -0.1) is 0 Å². The Bertz CT molecular complexity index is 1830. The molecule has 1 saturated carbocycles. The summed E-state index contributed by atoms with van der Waals surface area (Å²) in [4.78, 5) is 16.5. The molecule has 2 aromatic heterocycles. The Hall–Kier alpha value is -3.90. The molecule has 1 aliphatic carbocycles. The maximum atomic E-state index is 13.5. The molecular formula is C33H36FN3O4S. The second kappa shape index (κ2) is 12.1. The lowest BCUT2D eigenvalue weighted by atomic mass is 9.72. The quantitative estimate of drug-likeness (QED) is 0.184. The number of nitrogens with zero attached hydrogens (tertiary/aromatic N) is 2. The highest BCUT2D eigenvalue weighted by atomic mass is 32.2. The third kappa shape index (κ3) is 6.14. The highest BCUT2D eigenvalue weighted by Gasteiger charge is 2.27. The second-order valence-corrected chi connectivity index (χ2v) is 12.9. The summed E-state index contributed by atoms with van der Waals surface area (Å²) in [6.45, 7) is 8.12. The van der Waals surface area contributed by atoms with E-state index in [4.69, 9.17) is 4.42 Å². The van der Waals surface area contributed by atoms with E-state index in [1.54, 1.807) is 13.0 Å². The van der Waals surface area contributed by atoms with E-state index in [9.17, 15) is 17.6 Å². The molecule has 0 amide bonds. The van der Waals surface area contributed by atoms with Crippen LogP contribution in [0.1, 0.15) is 75.6 Å². The second-order valence-electron chi connectivity index (χ2n) is 11.3. The first-order valence-electron chi connectivity index (χ1n) is 14.5. The first-order valence-corrected chi connectivity index (χ1v) is 16.0. The molecular weight excluding hydrogens is 553 g/mol. The fourth-order valence-electron chi connectivity index (χ4n) is 6.00. The Kier molecular flexibility index (Phi) is 8.55. The van der Waals surface area contributed by atoms with E-state index >= 15 is 0 Å². The number of anilines is 1. The van der Waals surface area contributed by atoms with Gasteiger partial charge in [-0.2, -0.15) is 4.39 Å². The Morgan fingerprint density at radius 3 is 2.64 bits per heavy atom. The normalized spacial score (nSPS) is 18.7. The standard InChI is InChI=1S/C33H36FN3O4S/c1-5-21(2)27-13-7-6-11-25(27)17-16-24-10-8-12-26(19-24)23(4)37-28-18-22(3)30(20-29(28)41-33(37)38)42(39,40)36-32-15-9-14-31(34)35-32/h8-10,12,14-15,18-21,23,25,27H,5-7,11,13H2,1-4H3,(H,35,36). The largest absolute Gasteiger partial charge is 0.420 e. The number of benzene rings is 2. The van der Waals surface area contributed by atoms with Crippen LogP contribution in [-0.4, -0.2) is 18.0 Å². The number of pyridine rings is 1. The molecule has 1 N–H and O–H groups in total. The van der Waals surface area contributed by atoms with E-state index in [1.807, 2.05) is 31.2 Å². The number of fused-ring (bicyclic) bond motifs is 1. The number of hydrogen-bond acceptors (Lipinski definition) is 5. The van der Waals surface area contributed by atoms with Gasteiger partial charge in [0.2, 0.25) is 5.95 Å². The van der Waals surface area contributed by atoms with Crippen molar-refractivity contribution in [2.45, 2.75) is 70.7 Å². The van der Waals surface area contributed by atoms with E-state index in [1.165, 1.54) is 42.0 Å². The van der Waals surface area contributed by atoms with Crippen LogP contribution >= 0.6 is 0 Å². The minimum Gasteiger partial charge on any atom is -0.408 e. The van der Waals surface area contributed by atoms with Crippen LogP contribution in [0, 0.1) is 42.5 Å². The lowest BCUT2D eigenvalue weighted by molar-refractivity contribution is 0.208. The Balaban J connectivity index is 1.44.